The second kappa shape index (κ2) is 13.0. The fourth-order valence-corrected chi connectivity index (χ4v) is 5.78. The summed E-state index contributed by atoms with van der Waals surface area (Å²) in [7, 11) is 0. The van der Waals surface area contributed by atoms with E-state index in [1.54, 1.807) is 0 Å². The number of aliphatic carboxylic acids is 1. The number of aryl methyl sites for hydroxylation is 1. The van der Waals surface area contributed by atoms with Crippen molar-refractivity contribution >= 4 is 29.2 Å². The minimum Gasteiger partial charge on any atom is -0.489 e. The smallest absolute Gasteiger partial charge is 0.303 e. The van der Waals surface area contributed by atoms with E-state index in [-0.39, 0.29) is 36.4 Å². The molecule has 0 radical (unpaired) electrons. The molecule has 4 nitrogen and oxygen atoms in total. The highest BCUT2D eigenvalue weighted by molar-refractivity contribution is 6.30. The van der Waals surface area contributed by atoms with Crippen LogP contribution in [0.15, 0.2) is 78.9 Å². The first-order chi connectivity index (χ1) is 18.6. The highest BCUT2D eigenvalue weighted by Crippen LogP contribution is 2.50. The van der Waals surface area contributed by atoms with Crippen LogP contribution in [0, 0.1) is 11.8 Å². The average Bonchev–Trinajstić information content (AvgIpc) is 2.90. The van der Waals surface area contributed by atoms with Gasteiger partial charge in [0.1, 0.15) is 12.4 Å². The van der Waals surface area contributed by atoms with E-state index in [4.69, 9.17) is 32.7 Å². The van der Waals surface area contributed by atoms with Crippen LogP contribution < -0.4 is 4.74 Å². The summed E-state index contributed by atoms with van der Waals surface area (Å²) in [5.41, 5.74) is 5.07. The zero-order chi connectivity index (χ0) is 28.1. The third-order valence-corrected chi connectivity index (χ3v) is 7.94. The van der Waals surface area contributed by atoms with Gasteiger partial charge in [0.15, 0.2) is 0 Å². The number of rotatable bonds is 10. The Balaban J connectivity index is 1.71. The first-order valence-corrected chi connectivity index (χ1v) is 14.2. The molecule has 0 aromatic heterocycles. The van der Waals surface area contributed by atoms with E-state index < -0.39 is 5.97 Å². The molecule has 1 N–H and O–H groups in total. The number of carboxylic acids is 1. The van der Waals surface area contributed by atoms with E-state index in [0.717, 1.165) is 34.4 Å². The molecule has 1 saturated heterocycles. The van der Waals surface area contributed by atoms with E-state index in [0.29, 0.717) is 23.1 Å². The number of benzene rings is 3. The van der Waals surface area contributed by atoms with Gasteiger partial charge in [-0.1, -0.05) is 79.5 Å². The lowest BCUT2D eigenvalue weighted by Gasteiger charge is -2.44. The molecular formula is C33H36Cl2O4. The molecule has 3 aromatic rings. The van der Waals surface area contributed by atoms with E-state index >= 15 is 0 Å². The van der Waals surface area contributed by atoms with Crippen molar-refractivity contribution in [2.24, 2.45) is 11.8 Å². The summed E-state index contributed by atoms with van der Waals surface area (Å²) in [5.74, 6) is 0.399. The van der Waals surface area contributed by atoms with Gasteiger partial charge in [0, 0.05) is 33.9 Å². The topological polar surface area (TPSA) is 55.8 Å². The van der Waals surface area contributed by atoms with Crippen molar-refractivity contribution in [2.75, 3.05) is 0 Å². The third-order valence-electron chi connectivity index (χ3n) is 7.45. The zero-order valence-corrected chi connectivity index (χ0v) is 24.2. The van der Waals surface area contributed by atoms with Crippen LogP contribution in [-0.4, -0.2) is 17.2 Å². The molecule has 0 amide bonds. The van der Waals surface area contributed by atoms with Crippen LogP contribution in [0.4, 0.5) is 0 Å². The molecule has 4 atom stereocenters. The predicted molar refractivity (Wildman–Crippen MR) is 158 cm³/mol. The van der Waals surface area contributed by atoms with Crippen molar-refractivity contribution in [3.05, 3.63) is 111 Å². The Morgan fingerprint density at radius 1 is 1.05 bits per heavy atom. The maximum absolute atomic E-state index is 11.3. The lowest BCUT2D eigenvalue weighted by Crippen LogP contribution is -2.39. The van der Waals surface area contributed by atoms with Gasteiger partial charge in [0.2, 0.25) is 0 Å². The van der Waals surface area contributed by atoms with Gasteiger partial charge in [-0.2, -0.15) is 0 Å². The van der Waals surface area contributed by atoms with Crippen LogP contribution in [0.25, 0.3) is 0 Å². The SMILES string of the molecule is C=C(C)[C@H]1C[C@H](c2ccc(Cl)cc2)[C@H](C(C)C)O[C@@H]1c1cc(CCC(=O)O)ccc1OCc1cccc(Cl)c1. The Hall–Kier alpha value is -2.79. The summed E-state index contributed by atoms with van der Waals surface area (Å²) >= 11 is 12.4. The summed E-state index contributed by atoms with van der Waals surface area (Å²) in [6.45, 7) is 11.1. The summed E-state index contributed by atoms with van der Waals surface area (Å²) in [5, 5.41) is 10.6. The van der Waals surface area contributed by atoms with Gasteiger partial charge in [-0.15, -0.1) is 0 Å². The molecular weight excluding hydrogens is 531 g/mol. The Bertz CT molecular complexity index is 1300. The quantitative estimate of drug-likeness (QED) is 0.248. The molecule has 6 heteroatoms. The second-order valence-electron chi connectivity index (χ2n) is 10.8. The highest BCUT2D eigenvalue weighted by Gasteiger charge is 2.42. The maximum atomic E-state index is 11.3. The van der Waals surface area contributed by atoms with Crippen molar-refractivity contribution in [2.45, 2.75) is 64.8 Å². The van der Waals surface area contributed by atoms with Crippen LogP contribution in [-0.2, 0) is 22.6 Å². The van der Waals surface area contributed by atoms with Crippen molar-refractivity contribution in [3.8, 4) is 5.75 Å². The van der Waals surface area contributed by atoms with Gasteiger partial charge >= 0.3 is 5.97 Å². The largest absolute Gasteiger partial charge is 0.489 e. The van der Waals surface area contributed by atoms with E-state index in [2.05, 4.69) is 45.5 Å². The van der Waals surface area contributed by atoms with E-state index in [9.17, 15) is 9.90 Å². The minimum atomic E-state index is -0.822. The first kappa shape index (κ1) is 29.2. The molecule has 4 rings (SSSR count). The van der Waals surface area contributed by atoms with Crippen LogP contribution >= 0.6 is 23.2 Å². The summed E-state index contributed by atoms with van der Waals surface area (Å²) < 4.78 is 13.3. The predicted octanol–water partition coefficient (Wildman–Crippen LogP) is 9.05. The lowest BCUT2D eigenvalue weighted by molar-refractivity contribution is -0.136. The van der Waals surface area contributed by atoms with Crippen LogP contribution in [0.5, 0.6) is 5.75 Å². The molecule has 1 aliphatic rings. The van der Waals surface area contributed by atoms with Crippen molar-refractivity contribution in [1.29, 1.82) is 0 Å². The monoisotopic (exact) mass is 566 g/mol. The third kappa shape index (κ3) is 7.45. The fourth-order valence-electron chi connectivity index (χ4n) is 5.44. The number of carbonyl (C=O) groups is 1. The molecule has 0 saturated carbocycles. The Labute approximate surface area is 241 Å². The molecule has 3 aromatic carbocycles. The molecule has 1 heterocycles. The second-order valence-corrected chi connectivity index (χ2v) is 11.7. The number of hydrogen-bond acceptors (Lipinski definition) is 3. The van der Waals surface area contributed by atoms with Crippen molar-refractivity contribution in [1.82, 2.24) is 0 Å². The maximum Gasteiger partial charge on any atom is 0.303 e. The van der Waals surface area contributed by atoms with Gasteiger partial charge < -0.3 is 14.6 Å². The van der Waals surface area contributed by atoms with Crippen LogP contribution in [0.3, 0.4) is 0 Å². The Kier molecular flexibility index (Phi) is 9.76. The van der Waals surface area contributed by atoms with E-state index in [1.807, 2.05) is 48.5 Å². The highest BCUT2D eigenvalue weighted by atomic mass is 35.5. The molecule has 1 fully saturated rings. The molecule has 0 unspecified atom stereocenters. The number of hydrogen-bond donors (Lipinski definition) is 1. The molecule has 39 heavy (non-hydrogen) atoms. The Morgan fingerprint density at radius 3 is 2.44 bits per heavy atom. The molecule has 0 aliphatic carbocycles. The normalized spacial score (nSPS) is 21.1. The molecule has 206 valence electrons. The van der Waals surface area contributed by atoms with Crippen LogP contribution in [0.2, 0.25) is 10.0 Å². The molecule has 1 aliphatic heterocycles. The molecule has 0 bridgehead atoms. The summed E-state index contributed by atoms with van der Waals surface area (Å²) in [6.07, 6.45) is 1.05. The van der Waals surface area contributed by atoms with Gasteiger partial charge in [0.25, 0.3) is 0 Å². The van der Waals surface area contributed by atoms with Gasteiger partial charge in [-0.05, 0) is 78.8 Å². The lowest BCUT2D eigenvalue weighted by atomic mass is 9.73. The number of halogens is 2. The van der Waals surface area contributed by atoms with Gasteiger partial charge in [-0.25, -0.2) is 0 Å². The summed E-state index contributed by atoms with van der Waals surface area (Å²) in [4.78, 5) is 11.3. The zero-order valence-electron chi connectivity index (χ0n) is 22.7. The first-order valence-electron chi connectivity index (χ1n) is 13.4. The average molecular weight is 568 g/mol. The molecule has 0 spiro atoms. The summed E-state index contributed by atoms with van der Waals surface area (Å²) in [6, 6.07) is 21.6. The number of ether oxygens (including phenoxy) is 2. The Morgan fingerprint density at radius 2 is 1.79 bits per heavy atom. The minimum absolute atomic E-state index is 0.0322. The number of carboxylic acid groups (broad SMARTS) is 1. The van der Waals surface area contributed by atoms with Crippen molar-refractivity contribution < 1.29 is 19.4 Å². The van der Waals surface area contributed by atoms with Crippen molar-refractivity contribution in [3.63, 3.8) is 0 Å². The van der Waals surface area contributed by atoms with Gasteiger partial charge in [-0.3, -0.25) is 4.79 Å². The fraction of sp³-hybridized carbons (Fsp3) is 0.364. The van der Waals surface area contributed by atoms with E-state index in [1.165, 1.54) is 5.56 Å². The van der Waals surface area contributed by atoms with Gasteiger partial charge in [0.05, 0.1) is 12.2 Å². The van der Waals surface area contributed by atoms with Crippen LogP contribution in [0.1, 0.15) is 67.9 Å². The standard InChI is InChI=1S/C33H36Cl2O4/c1-20(2)27-18-28(24-10-12-25(34)13-11-24)32(21(3)4)39-33(27)29-17-22(9-15-31(36)37)8-14-30(29)38-19-23-6-5-7-26(35)16-23/h5-8,10-14,16-17,21,27-28,32-33H,1,9,15,18-19H2,2-4H3,(H,36,37)/t27-,28-,32+,33+/m1/s1.